The highest BCUT2D eigenvalue weighted by molar-refractivity contribution is 5.82. The molecule has 1 unspecified atom stereocenters. The maximum Gasteiger partial charge on any atom is 0.239 e. The van der Waals surface area contributed by atoms with Crippen LogP contribution < -0.4 is 5.32 Å². The topological polar surface area (TPSA) is 35.6 Å². The second kappa shape index (κ2) is 5.83. The van der Waals surface area contributed by atoms with Gasteiger partial charge in [0.1, 0.15) is 0 Å². The summed E-state index contributed by atoms with van der Waals surface area (Å²) in [5, 5.41) is 3.14. The molecule has 4 nitrogen and oxygen atoms in total. The number of hydrogen-bond donors (Lipinski definition) is 1. The maximum absolute atomic E-state index is 12.3. The summed E-state index contributed by atoms with van der Waals surface area (Å²) in [7, 11) is 5.97. The molecule has 100 valence electrons. The van der Waals surface area contributed by atoms with Gasteiger partial charge in [-0.3, -0.25) is 4.79 Å². The van der Waals surface area contributed by atoms with Crippen LogP contribution in [0.1, 0.15) is 26.7 Å². The fourth-order valence-corrected chi connectivity index (χ4v) is 2.33. The highest BCUT2D eigenvalue weighted by Crippen LogP contribution is 2.28. The lowest BCUT2D eigenvalue weighted by molar-refractivity contribution is -0.133. The summed E-state index contributed by atoms with van der Waals surface area (Å²) in [5.74, 6) is 0.264. The van der Waals surface area contributed by atoms with Gasteiger partial charge in [-0.15, -0.1) is 0 Å². The number of carbonyl (C=O) groups excluding carboxylic acids is 1. The highest BCUT2D eigenvalue weighted by Gasteiger charge is 2.33. The van der Waals surface area contributed by atoms with E-state index in [-0.39, 0.29) is 17.4 Å². The molecule has 1 heterocycles. The molecule has 1 fully saturated rings. The van der Waals surface area contributed by atoms with E-state index in [0.717, 1.165) is 32.5 Å². The van der Waals surface area contributed by atoms with Gasteiger partial charge in [0.25, 0.3) is 0 Å². The van der Waals surface area contributed by atoms with Crippen molar-refractivity contribution in [1.82, 2.24) is 15.1 Å². The van der Waals surface area contributed by atoms with E-state index in [1.54, 1.807) is 0 Å². The van der Waals surface area contributed by atoms with Crippen LogP contribution in [0.15, 0.2) is 0 Å². The van der Waals surface area contributed by atoms with Crippen LogP contribution in [-0.4, -0.2) is 62.5 Å². The Morgan fingerprint density at radius 1 is 1.47 bits per heavy atom. The molecule has 1 saturated heterocycles. The van der Waals surface area contributed by atoms with E-state index in [2.05, 4.69) is 24.1 Å². The summed E-state index contributed by atoms with van der Waals surface area (Å²) >= 11 is 0. The Morgan fingerprint density at radius 2 is 2.12 bits per heavy atom. The first-order valence-electron chi connectivity index (χ1n) is 6.46. The minimum atomic E-state index is -0.000984. The van der Waals surface area contributed by atoms with Gasteiger partial charge < -0.3 is 15.1 Å². The lowest BCUT2D eigenvalue weighted by atomic mass is 9.87. The molecular formula is C13H27N3O. The summed E-state index contributed by atoms with van der Waals surface area (Å²) < 4.78 is 0. The molecule has 1 atom stereocenters. The van der Waals surface area contributed by atoms with Crippen molar-refractivity contribution in [2.75, 3.05) is 40.8 Å². The van der Waals surface area contributed by atoms with Crippen LogP contribution in [0.5, 0.6) is 0 Å². The molecule has 4 heteroatoms. The zero-order valence-electron chi connectivity index (χ0n) is 11.9. The number of nitrogens with zero attached hydrogens (tertiary/aromatic N) is 2. The second-order valence-corrected chi connectivity index (χ2v) is 6.11. The van der Waals surface area contributed by atoms with E-state index >= 15 is 0 Å². The van der Waals surface area contributed by atoms with Gasteiger partial charge >= 0.3 is 0 Å². The van der Waals surface area contributed by atoms with Crippen molar-refractivity contribution in [3.05, 3.63) is 0 Å². The summed E-state index contributed by atoms with van der Waals surface area (Å²) in [6.07, 6.45) is 2.05. The van der Waals surface area contributed by atoms with Gasteiger partial charge in [0, 0.05) is 19.6 Å². The quantitative estimate of drug-likeness (QED) is 0.790. The second-order valence-electron chi connectivity index (χ2n) is 6.11. The molecule has 0 aromatic carbocycles. The number of carbonyl (C=O) groups is 1. The molecular weight excluding hydrogens is 214 g/mol. The first-order chi connectivity index (χ1) is 7.85. The number of hydrogen-bond acceptors (Lipinski definition) is 3. The lowest BCUT2D eigenvalue weighted by Crippen LogP contribution is -2.47. The van der Waals surface area contributed by atoms with E-state index in [9.17, 15) is 4.79 Å². The minimum absolute atomic E-state index is 0.000984. The molecule has 1 rings (SSSR count). The third-order valence-electron chi connectivity index (χ3n) is 3.50. The summed E-state index contributed by atoms with van der Waals surface area (Å²) in [6.45, 7) is 7.13. The SMILES string of the molecule is CNC1CCC(C)(C)CN(CCN(C)C)C1=O. The van der Waals surface area contributed by atoms with Gasteiger partial charge in [0.05, 0.1) is 6.04 Å². The first kappa shape index (κ1) is 14.5. The number of likely N-dealkylation sites (tertiary alicyclic amines) is 1. The van der Waals surface area contributed by atoms with Gasteiger partial charge in [0.2, 0.25) is 5.91 Å². The molecule has 0 radical (unpaired) electrons. The first-order valence-corrected chi connectivity index (χ1v) is 6.46. The fraction of sp³-hybridized carbons (Fsp3) is 0.923. The lowest BCUT2D eigenvalue weighted by Gasteiger charge is -2.30. The Balaban J connectivity index is 2.71. The third-order valence-corrected chi connectivity index (χ3v) is 3.50. The van der Waals surface area contributed by atoms with E-state index in [1.807, 2.05) is 26.0 Å². The van der Waals surface area contributed by atoms with Gasteiger partial charge in [-0.05, 0) is 39.4 Å². The van der Waals surface area contributed by atoms with Crippen LogP contribution in [0.4, 0.5) is 0 Å². The summed E-state index contributed by atoms with van der Waals surface area (Å²) in [6, 6.07) is -0.000984. The molecule has 17 heavy (non-hydrogen) atoms. The standard InChI is InChI=1S/C13H27N3O/c1-13(2)7-6-11(14-3)12(17)16(10-13)9-8-15(4)5/h11,14H,6-10H2,1-5H3. The van der Waals surface area contributed by atoms with Crippen molar-refractivity contribution in [3.63, 3.8) is 0 Å². The van der Waals surface area contributed by atoms with Crippen LogP contribution in [-0.2, 0) is 4.79 Å². The Hall–Kier alpha value is -0.610. The minimum Gasteiger partial charge on any atom is -0.340 e. The zero-order chi connectivity index (χ0) is 13.1. The van der Waals surface area contributed by atoms with Gasteiger partial charge in [-0.2, -0.15) is 0 Å². The number of rotatable bonds is 4. The van der Waals surface area contributed by atoms with Crippen molar-refractivity contribution in [1.29, 1.82) is 0 Å². The van der Waals surface area contributed by atoms with Crippen molar-refractivity contribution < 1.29 is 4.79 Å². The van der Waals surface area contributed by atoms with Crippen LogP contribution in [0.3, 0.4) is 0 Å². The number of amides is 1. The van der Waals surface area contributed by atoms with E-state index < -0.39 is 0 Å². The van der Waals surface area contributed by atoms with E-state index in [0.29, 0.717) is 0 Å². The van der Waals surface area contributed by atoms with E-state index in [1.165, 1.54) is 0 Å². The monoisotopic (exact) mass is 241 g/mol. The molecule has 1 N–H and O–H groups in total. The van der Waals surface area contributed by atoms with Crippen molar-refractivity contribution in [3.8, 4) is 0 Å². The highest BCUT2D eigenvalue weighted by atomic mass is 16.2. The summed E-state index contributed by atoms with van der Waals surface area (Å²) in [4.78, 5) is 16.5. The molecule has 0 aliphatic carbocycles. The van der Waals surface area contributed by atoms with Crippen LogP contribution >= 0.6 is 0 Å². The molecule has 0 aromatic rings. The van der Waals surface area contributed by atoms with Gasteiger partial charge in [0.15, 0.2) is 0 Å². The van der Waals surface area contributed by atoms with Crippen LogP contribution in [0.25, 0.3) is 0 Å². The predicted octanol–water partition coefficient (Wildman–Crippen LogP) is 0.785. The molecule has 1 amide bonds. The molecule has 0 spiro atoms. The third kappa shape index (κ3) is 4.28. The summed E-state index contributed by atoms with van der Waals surface area (Å²) in [5.41, 5.74) is 0.230. The van der Waals surface area contributed by atoms with Crippen LogP contribution in [0.2, 0.25) is 0 Å². The number of nitrogens with one attached hydrogen (secondary N) is 1. The van der Waals surface area contributed by atoms with Crippen molar-refractivity contribution in [2.45, 2.75) is 32.7 Å². The van der Waals surface area contributed by atoms with E-state index in [4.69, 9.17) is 0 Å². The van der Waals surface area contributed by atoms with Crippen molar-refractivity contribution in [2.24, 2.45) is 5.41 Å². The smallest absolute Gasteiger partial charge is 0.239 e. The maximum atomic E-state index is 12.3. The predicted molar refractivity (Wildman–Crippen MR) is 71.0 cm³/mol. The molecule has 1 aliphatic heterocycles. The normalized spacial score (nSPS) is 25.2. The molecule has 0 aromatic heterocycles. The molecule has 0 bridgehead atoms. The van der Waals surface area contributed by atoms with Crippen molar-refractivity contribution >= 4 is 5.91 Å². The Morgan fingerprint density at radius 3 is 2.65 bits per heavy atom. The Kier molecular flexibility index (Phi) is 4.95. The Labute approximate surface area is 105 Å². The molecule has 0 saturated carbocycles. The average molecular weight is 241 g/mol. The zero-order valence-corrected chi connectivity index (χ0v) is 11.9. The van der Waals surface area contributed by atoms with Gasteiger partial charge in [-0.25, -0.2) is 0 Å². The van der Waals surface area contributed by atoms with Crippen LogP contribution in [0, 0.1) is 5.41 Å². The molecule has 1 aliphatic rings. The fourth-order valence-electron chi connectivity index (χ4n) is 2.33. The average Bonchev–Trinajstić information content (AvgIpc) is 2.34. The number of likely N-dealkylation sites (N-methyl/N-ethyl adjacent to an activating group) is 2. The van der Waals surface area contributed by atoms with Gasteiger partial charge in [-0.1, -0.05) is 13.8 Å². The largest absolute Gasteiger partial charge is 0.340 e. The Bertz CT molecular complexity index is 263.